The van der Waals surface area contributed by atoms with Gasteiger partial charge in [0.25, 0.3) is 0 Å². The zero-order valence-electron chi connectivity index (χ0n) is 13.3. The maximum Gasteiger partial charge on any atom is 0.200 e. The van der Waals surface area contributed by atoms with E-state index in [1.54, 1.807) is 0 Å². The molecule has 1 aliphatic rings. The van der Waals surface area contributed by atoms with Crippen LogP contribution in [0.1, 0.15) is 23.6 Å². The van der Waals surface area contributed by atoms with Crippen LogP contribution in [0.4, 0.5) is 0 Å². The quantitative estimate of drug-likeness (QED) is 0.888. The number of aromatic hydroxyl groups is 1. The number of hydrogen-bond donors (Lipinski definition) is 2. The van der Waals surface area contributed by atoms with Crippen LogP contribution in [0, 0.1) is 0 Å². The minimum atomic E-state index is 0.0233. The molecule has 0 bridgehead atoms. The molecule has 23 heavy (non-hydrogen) atoms. The molecule has 0 amide bonds. The zero-order valence-corrected chi connectivity index (χ0v) is 13.3. The van der Waals surface area contributed by atoms with Gasteiger partial charge in [0.1, 0.15) is 5.75 Å². The molecular weight excluding hydrogens is 294 g/mol. The molecule has 0 saturated heterocycles. The minimum Gasteiger partial charge on any atom is -0.502 e. The first-order chi connectivity index (χ1) is 11.2. The molecule has 1 unspecified atom stereocenters. The smallest absolute Gasteiger partial charge is 0.200 e. The monoisotopic (exact) mass is 315 g/mol. The number of phenolic OH excluding ortho intramolecular Hbond substituents is 1. The number of para-hydroxylation sites is 1. The highest BCUT2D eigenvalue weighted by atomic mass is 16.5. The fourth-order valence-corrected chi connectivity index (χ4v) is 2.85. The van der Waals surface area contributed by atoms with Crippen LogP contribution in [0.5, 0.6) is 23.0 Å². The fraction of sp³-hybridized carbons (Fsp3) is 0.333. The number of methoxy groups -OCH3 is 2. The van der Waals surface area contributed by atoms with E-state index in [4.69, 9.17) is 14.2 Å². The van der Waals surface area contributed by atoms with Crippen LogP contribution >= 0.6 is 0 Å². The summed E-state index contributed by atoms with van der Waals surface area (Å²) in [5, 5.41) is 13.5. The Bertz CT molecular complexity index is 661. The van der Waals surface area contributed by atoms with Crippen molar-refractivity contribution in [1.29, 1.82) is 0 Å². The summed E-state index contributed by atoms with van der Waals surface area (Å²) in [4.78, 5) is 0. The van der Waals surface area contributed by atoms with Crippen molar-refractivity contribution < 1.29 is 19.3 Å². The lowest BCUT2D eigenvalue weighted by atomic mass is 10.0. The zero-order chi connectivity index (χ0) is 16.2. The first-order valence-corrected chi connectivity index (χ1v) is 7.62. The van der Waals surface area contributed by atoms with Gasteiger partial charge in [0, 0.05) is 24.6 Å². The average molecular weight is 315 g/mol. The maximum absolute atomic E-state index is 9.97. The van der Waals surface area contributed by atoms with Gasteiger partial charge in [0.15, 0.2) is 11.5 Å². The molecule has 0 fully saturated rings. The molecule has 1 heterocycles. The Morgan fingerprint density at radius 2 is 1.87 bits per heavy atom. The molecule has 122 valence electrons. The molecule has 3 rings (SSSR count). The predicted octanol–water partition coefficient (Wildman–Crippen LogP) is 3.02. The predicted molar refractivity (Wildman–Crippen MR) is 87.3 cm³/mol. The van der Waals surface area contributed by atoms with E-state index in [1.807, 2.05) is 30.3 Å². The first kappa shape index (κ1) is 15.5. The molecule has 0 radical (unpaired) electrons. The Labute approximate surface area is 135 Å². The number of hydrogen-bond acceptors (Lipinski definition) is 5. The van der Waals surface area contributed by atoms with Crippen molar-refractivity contribution in [3.8, 4) is 23.0 Å². The Hall–Kier alpha value is -2.40. The van der Waals surface area contributed by atoms with E-state index in [-0.39, 0.29) is 11.8 Å². The summed E-state index contributed by atoms with van der Waals surface area (Å²) in [7, 11) is 3.06. The highest BCUT2D eigenvalue weighted by Crippen LogP contribution is 2.37. The van der Waals surface area contributed by atoms with E-state index >= 15 is 0 Å². The molecule has 0 aliphatic carbocycles. The molecule has 0 saturated carbocycles. The summed E-state index contributed by atoms with van der Waals surface area (Å²) >= 11 is 0. The normalized spacial score (nSPS) is 16.3. The van der Waals surface area contributed by atoms with E-state index in [2.05, 4.69) is 11.4 Å². The Kier molecular flexibility index (Phi) is 4.57. The largest absolute Gasteiger partial charge is 0.502 e. The summed E-state index contributed by atoms with van der Waals surface area (Å²) in [5.41, 5.74) is 2.16. The Balaban J connectivity index is 1.77. The van der Waals surface area contributed by atoms with Crippen molar-refractivity contribution >= 4 is 0 Å². The van der Waals surface area contributed by atoms with E-state index in [0.29, 0.717) is 24.7 Å². The van der Waals surface area contributed by atoms with Gasteiger partial charge in [0.05, 0.1) is 20.8 Å². The number of fused-ring (bicyclic) bond motifs is 1. The van der Waals surface area contributed by atoms with Gasteiger partial charge in [-0.1, -0.05) is 18.2 Å². The number of rotatable bonds is 5. The molecule has 1 aliphatic heterocycles. The second-order valence-electron chi connectivity index (χ2n) is 5.46. The third kappa shape index (κ3) is 3.19. The van der Waals surface area contributed by atoms with E-state index in [9.17, 15) is 5.11 Å². The highest BCUT2D eigenvalue weighted by Gasteiger charge is 2.20. The summed E-state index contributed by atoms with van der Waals surface area (Å²) in [6, 6.07) is 12.0. The minimum absolute atomic E-state index is 0.0233. The summed E-state index contributed by atoms with van der Waals surface area (Å²) in [6.45, 7) is 1.35. The van der Waals surface area contributed by atoms with Crippen molar-refractivity contribution in [1.82, 2.24) is 5.32 Å². The van der Waals surface area contributed by atoms with Crippen molar-refractivity contribution in [2.24, 2.45) is 0 Å². The fourth-order valence-electron chi connectivity index (χ4n) is 2.85. The molecule has 2 aromatic rings. The van der Waals surface area contributed by atoms with Crippen LogP contribution in [-0.2, 0) is 6.54 Å². The Morgan fingerprint density at radius 1 is 1.17 bits per heavy atom. The van der Waals surface area contributed by atoms with Gasteiger partial charge in [-0.15, -0.1) is 0 Å². The van der Waals surface area contributed by atoms with Crippen LogP contribution in [0.2, 0.25) is 0 Å². The highest BCUT2D eigenvalue weighted by molar-refractivity contribution is 5.52. The third-order valence-corrected chi connectivity index (χ3v) is 4.05. The van der Waals surface area contributed by atoms with E-state index < -0.39 is 0 Å². The van der Waals surface area contributed by atoms with Crippen molar-refractivity contribution in [3.63, 3.8) is 0 Å². The molecule has 0 spiro atoms. The topological polar surface area (TPSA) is 60.0 Å². The Morgan fingerprint density at radius 3 is 2.57 bits per heavy atom. The standard InChI is InChI=1S/C18H21NO4/c1-21-16-9-12(10-17(22-2)18(16)20)11-19-14-7-8-23-15-6-4-3-5-13(14)15/h3-6,9-10,14,19-20H,7-8,11H2,1-2H3. The third-order valence-electron chi connectivity index (χ3n) is 4.05. The summed E-state index contributed by atoms with van der Waals surface area (Å²) < 4.78 is 16.1. The molecule has 5 nitrogen and oxygen atoms in total. The van der Waals surface area contributed by atoms with E-state index in [1.165, 1.54) is 19.8 Å². The molecule has 2 aromatic carbocycles. The lowest BCUT2D eigenvalue weighted by Crippen LogP contribution is -2.26. The maximum atomic E-state index is 9.97. The van der Waals surface area contributed by atoms with Gasteiger partial charge in [-0.2, -0.15) is 0 Å². The van der Waals surface area contributed by atoms with Crippen LogP contribution in [-0.4, -0.2) is 25.9 Å². The molecule has 5 heteroatoms. The molecule has 0 aromatic heterocycles. The van der Waals surface area contributed by atoms with Crippen LogP contribution in [0.3, 0.4) is 0 Å². The number of ether oxygens (including phenoxy) is 3. The van der Waals surface area contributed by atoms with Crippen molar-refractivity contribution in [2.75, 3.05) is 20.8 Å². The molecular formula is C18H21NO4. The summed E-state index contributed by atoms with van der Waals surface area (Å²) in [5.74, 6) is 1.79. The van der Waals surface area contributed by atoms with Crippen molar-refractivity contribution in [2.45, 2.75) is 19.0 Å². The number of benzene rings is 2. The van der Waals surface area contributed by atoms with E-state index in [0.717, 1.165) is 17.7 Å². The molecule has 2 N–H and O–H groups in total. The second kappa shape index (κ2) is 6.79. The number of nitrogens with one attached hydrogen (secondary N) is 1. The van der Waals surface area contributed by atoms with Crippen LogP contribution in [0.15, 0.2) is 36.4 Å². The second-order valence-corrected chi connectivity index (χ2v) is 5.46. The van der Waals surface area contributed by atoms with Gasteiger partial charge >= 0.3 is 0 Å². The van der Waals surface area contributed by atoms with Crippen LogP contribution in [0.25, 0.3) is 0 Å². The van der Waals surface area contributed by atoms with Gasteiger partial charge in [0.2, 0.25) is 5.75 Å². The summed E-state index contributed by atoms with van der Waals surface area (Å²) in [6.07, 6.45) is 0.920. The van der Waals surface area contributed by atoms with Gasteiger partial charge in [-0.25, -0.2) is 0 Å². The van der Waals surface area contributed by atoms with Crippen molar-refractivity contribution in [3.05, 3.63) is 47.5 Å². The van der Waals surface area contributed by atoms with Crippen LogP contribution < -0.4 is 19.5 Å². The lowest BCUT2D eigenvalue weighted by Gasteiger charge is -2.27. The average Bonchev–Trinajstić information content (AvgIpc) is 2.60. The van der Waals surface area contributed by atoms with Gasteiger partial charge < -0.3 is 24.6 Å². The first-order valence-electron chi connectivity index (χ1n) is 7.62. The lowest BCUT2D eigenvalue weighted by molar-refractivity contribution is 0.252. The van der Waals surface area contributed by atoms with Gasteiger partial charge in [-0.3, -0.25) is 0 Å². The number of phenols is 1. The SMILES string of the molecule is COc1cc(CNC2CCOc3ccccc32)cc(OC)c1O. The molecule has 1 atom stereocenters. The van der Waals surface area contributed by atoms with Gasteiger partial charge in [-0.05, 0) is 23.8 Å².